The number of methoxy groups -OCH3 is 2. The van der Waals surface area contributed by atoms with E-state index in [1.54, 1.807) is 36.4 Å². The molecule has 0 aliphatic rings. The number of anilines is 1. The zero-order valence-electron chi connectivity index (χ0n) is 16.6. The van der Waals surface area contributed by atoms with Crippen LogP contribution in [0.5, 0.6) is 23.0 Å². The molecule has 0 bridgehead atoms. The van der Waals surface area contributed by atoms with Gasteiger partial charge < -0.3 is 24.3 Å². The second kappa shape index (κ2) is 9.97. The molecule has 3 rings (SSSR count). The molecule has 7 nitrogen and oxygen atoms in total. The average Bonchev–Trinajstić information content (AvgIpc) is 2.78. The highest BCUT2D eigenvalue weighted by Gasteiger charge is 2.17. The van der Waals surface area contributed by atoms with E-state index in [-0.39, 0.29) is 5.56 Å². The van der Waals surface area contributed by atoms with Gasteiger partial charge in [-0.2, -0.15) is 0 Å². The molecule has 0 aromatic heterocycles. The van der Waals surface area contributed by atoms with E-state index < -0.39 is 18.5 Å². The topological polar surface area (TPSA) is 83.1 Å². The van der Waals surface area contributed by atoms with Crippen LogP contribution >= 0.6 is 0 Å². The molecule has 3 aromatic rings. The van der Waals surface area contributed by atoms with E-state index in [4.69, 9.17) is 18.9 Å². The second-order valence-corrected chi connectivity index (χ2v) is 6.13. The normalized spacial score (nSPS) is 10.1. The van der Waals surface area contributed by atoms with Crippen molar-refractivity contribution < 1.29 is 28.5 Å². The number of carbonyl (C=O) groups is 2. The fourth-order valence-corrected chi connectivity index (χ4v) is 2.64. The molecular weight excluding hydrogens is 386 g/mol. The van der Waals surface area contributed by atoms with Crippen LogP contribution < -0.4 is 19.5 Å². The highest BCUT2D eigenvalue weighted by molar-refractivity contribution is 5.97. The quantitative estimate of drug-likeness (QED) is 0.561. The number of hydrogen-bond acceptors (Lipinski definition) is 6. The maximum Gasteiger partial charge on any atom is 0.342 e. The Bertz CT molecular complexity index is 1020. The third-order valence-electron chi connectivity index (χ3n) is 4.06. The van der Waals surface area contributed by atoms with E-state index in [9.17, 15) is 9.59 Å². The molecule has 7 heteroatoms. The zero-order valence-corrected chi connectivity index (χ0v) is 16.6. The van der Waals surface area contributed by atoms with E-state index in [2.05, 4.69) is 5.32 Å². The summed E-state index contributed by atoms with van der Waals surface area (Å²) in [5, 5.41) is 2.67. The fraction of sp³-hybridized carbons (Fsp3) is 0.130. The highest BCUT2D eigenvalue weighted by Crippen LogP contribution is 2.25. The van der Waals surface area contributed by atoms with Gasteiger partial charge in [-0.1, -0.05) is 24.3 Å². The molecule has 3 aromatic carbocycles. The number of carbonyl (C=O) groups excluding carboxylic acids is 2. The largest absolute Gasteiger partial charge is 0.497 e. The van der Waals surface area contributed by atoms with Gasteiger partial charge in [-0.15, -0.1) is 0 Å². The number of ether oxygens (including phenoxy) is 4. The van der Waals surface area contributed by atoms with Crippen LogP contribution in [0.2, 0.25) is 0 Å². The number of para-hydroxylation sites is 1. The Hall–Kier alpha value is -4.00. The van der Waals surface area contributed by atoms with Crippen LogP contribution in [0, 0.1) is 0 Å². The molecular formula is C23H21NO6. The molecule has 154 valence electrons. The van der Waals surface area contributed by atoms with Crippen molar-refractivity contribution in [2.24, 2.45) is 0 Å². The fourth-order valence-electron chi connectivity index (χ4n) is 2.64. The van der Waals surface area contributed by atoms with Crippen molar-refractivity contribution in [3.8, 4) is 23.0 Å². The van der Waals surface area contributed by atoms with Crippen LogP contribution in [-0.2, 0) is 9.53 Å². The van der Waals surface area contributed by atoms with E-state index in [0.29, 0.717) is 28.7 Å². The summed E-state index contributed by atoms with van der Waals surface area (Å²) in [6.45, 7) is -0.455. The van der Waals surface area contributed by atoms with E-state index in [0.717, 1.165) is 0 Å². The minimum Gasteiger partial charge on any atom is -0.497 e. The molecule has 0 spiro atoms. The summed E-state index contributed by atoms with van der Waals surface area (Å²) in [6, 6.07) is 20.9. The lowest BCUT2D eigenvalue weighted by molar-refractivity contribution is -0.119. The van der Waals surface area contributed by atoms with Crippen LogP contribution in [-0.4, -0.2) is 32.7 Å². The molecule has 0 radical (unpaired) electrons. The first-order chi connectivity index (χ1) is 14.6. The van der Waals surface area contributed by atoms with Crippen LogP contribution in [0.1, 0.15) is 10.4 Å². The average molecular weight is 407 g/mol. The summed E-state index contributed by atoms with van der Waals surface area (Å²) in [6.07, 6.45) is 0. The van der Waals surface area contributed by atoms with E-state index in [1.807, 2.05) is 30.3 Å². The summed E-state index contributed by atoms with van der Waals surface area (Å²) in [4.78, 5) is 24.6. The SMILES string of the molecule is COc1ccc(OC)c(C(=O)OCC(=O)Nc2cccc(Oc3ccccc3)c2)c1. The predicted molar refractivity (Wildman–Crippen MR) is 111 cm³/mol. The van der Waals surface area contributed by atoms with Crippen LogP contribution in [0.25, 0.3) is 0 Å². The second-order valence-electron chi connectivity index (χ2n) is 6.13. The lowest BCUT2D eigenvalue weighted by Gasteiger charge is -2.11. The Kier molecular flexibility index (Phi) is 6.89. The number of rotatable bonds is 8. The number of hydrogen-bond donors (Lipinski definition) is 1. The molecule has 0 saturated carbocycles. The van der Waals surface area contributed by atoms with Gasteiger partial charge in [0.15, 0.2) is 6.61 Å². The summed E-state index contributed by atoms with van der Waals surface area (Å²) < 4.78 is 21.1. The van der Waals surface area contributed by atoms with Crippen molar-refractivity contribution in [1.29, 1.82) is 0 Å². The predicted octanol–water partition coefficient (Wildman–Crippen LogP) is 4.29. The minimum absolute atomic E-state index is 0.169. The lowest BCUT2D eigenvalue weighted by Crippen LogP contribution is -2.21. The molecule has 0 unspecified atom stereocenters. The minimum atomic E-state index is -0.693. The van der Waals surface area contributed by atoms with Gasteiger partial charge >= 0.3 is 5.97 Å². The molecule has 1 N–H and O–H groups in total. The molecule has 1 amide bonds. The van der Waals surface area contributed by atoms with Crippen molar-refractivity contribution >= 4 is 17.6 Å². The Morgan fingerprint density at radius 1 is 0.800 bits per heavy atom. The van der Waals surface area contributed by atoms with Gasteiger partial charge in [0, 0.05) is 11.8 Å². The molecule has 0 saturated heterocycles. The van der Waals surface area contributed by atoms with Crippen LogP contribution in [0.4, 0.5) is 5.69 Å². The van der Waals surface area contributed by atoms with E-state index >= 15 is 0 Å². The van der Waals surface area contributed by atoms with Crippen molar-refractivity contribution in [3.05, 3.63) is 78.4 Å². The first-order valence-electron chi connectivity index (χ1n) is 9.11. The van der Waals surface area contributed by atoms with Crippen molar-refractivity contribution in [2.45, 2.75) is 0 Å². The van der Waals surface area contributed by atoms with Crippen molar-refractivity contribution in [1.82, 2.24) is 0 Å². The zero-order chi connectivity index (χ0) is 21.3. The maximum absolute atomic E-state index is 12.3. The standard InChI is InChI=1S/C23H21NO6/c1-27-18-11-12-21(28-2)20(14-18)23(26)29-15-22(25)24-16-7-6-10-19(13-16)30-17-8-4-3-5-9-17/h3-14H,15H2,1-2H3,(H,24,25). The van der Waals surface area contributed by atoms with Gasteiger partial charge in [0.25, 0.3) is 5.91 Å². The maximum atomic E-state index is 12.3. The summed E-state index contributed by atoms with van der Waals surface area (Å²) in [7, 11) is 2.93. The smallest absolute Gasteiger partial charge is 0.342 e. The Labute approximate surface area is 174 Å². The first kappa shape index (κ1) is 20.7. The molecule has 0 fully saturated rings. The number of benzene rings is 3. The molecule has 0 atom stereocenters. The summed E-state index contributed by atoms with van der Waals surface area (Å²) in [5.74, 6) is 0.873. The van der Waals surface area contributed by atoms with E-state index in [1.165, 1.54) is 20.3 Å². The van der Waals surface area contributed by atoms with Gasteiger partial charge in [0.05, 0.1) is 14.2 Å². The third-order valence-corrected chi connectivity index (χ3v) is 4.06. The summed E-state index contributed by atoms with van der Waals surface area (Å²) >= 11 is 0. The Morgan fingerprint density at radius 3 is 2.30 bits per heavy atom. The van der Waals surface area contributed by atoms with Gasteiger partial charge in [0.2, 0.25) is 0 Å². The Morgan fingerprint density at radius 2 is 1.57 bits per heavy atom. The van der Waals surface area contributed by atoms with Crippen LogP contribution in [0.15, 0.2) is 72.8 Å². The number of nitrogens with one attached hydrogen (secondary N) is 1. The Balaban J connectivity index is 1.58. The molecule has 30 heavy (non-hydrogen) atoms. The first-order valence-corrected chi connectivity index (χ1v) is 9.11. The lowest BCUT2D eigenvalue weighted by atomic mass is 10.2. The van der Waals surface area contributed by atoms with Crippen molar-refractivity contribution in [2.75, 3.05) is 26.1 Å². The van der Waals surface area contributed by atoms with Crippen LogP contribution in [0.3, 0.4) is 0 Å². The molecule has 0 aliphatic heterocycles. The number of amides is 1. The van der Waals surface area contributed by atoms with Gasteiger partial charge in [-0.25, -0.2) is 4.79 Å². The van der Waals surface area contributed by atoms with Gasteiger partial charge in [0.1, 0.15) is 28.6 Å². The molecule has 0 aliphatic carbocycles. The van der Waals surface area contributed by atoms with Gasteiger partial charge in [-0.3, -0.25) is 4.79 Å². The monoisotopic (exact) mass is 407 g/mol. The van der Waals surface area contributed by atoms with Crippen molar-refractivity contribution in [3.63, 3.8) is 0 Å². The summed E-state index contributed by atoms with van der Waals surface area (Å²) in [5.41, 5.74) is 0.686. The van der Waals surface area contributed by atoms with Gasteiger partial charge in [-0.05, 0) is 42.5 Å². The highest BCUT2D eigenvalue weighted by atomic mass is 16.5. The third kappa shape index (κ3) is 5.51. The molecule has 0 heterocycles. The number of esters is 1.